The van der Waals surface area contributed by atoms with Crippen molar-refractivity contribution in [1.82, 2.24) is 19.6 Å². The normalized spacial score (nSPS) is 17.3. The third-order valence-corrected chi connectivity index (χ3v) is 6.09. The second-order valence-electron chi connectivity index (χ2n) is 7.12. The van der Waals surface area contributed by atoms with Crippen molar-refractivity contribution in [2.75, 3.05) is 6.54 Å². The van der Waals surface area contributed by atoms with Crippen LogP contribution >= 0.6 is 22.9 Å². The Bertz CT molecular complexity index is 980. The molecule has 3 heterocycles. The number of rotatable bonds is 5. The number of aromatic nitrogens is 2. The van der Waals surface area contributed by atoms with Gasteiger partial charge in [-0.05, 0) is 31.0 Å². The van der Waals surface area contributed by atoms with Crippen LogP contribution < -0.4 is 5.32 Å². The summed E-state index contributed by atoms with van der Waals surface area (Å²) in [6.45, 7) is 3.37. The summed E-state index contributed by atoms with van der Waals surface area (Å²) in [5, 5.41) is 3.64. The van der Waals surface area contributed by atoms with E-state index in [1.807, 2.05) is 48.0 Å². The van der Waals surface area contributed by atoms with E-state index in [2.05, 4.69) is 10.3 Å². The number of amides is 2. The van der Waals surface area contributed by atoms with Gasteiger partial charge in [0, 0.05) is 41.8 Å². The molecule has 0 saturated carbocycles. The van der Waals surface area contributed by atoms with Gasteiger partial charge < -0.3 is 10.2 Å². The topological polar surface area (TPSA) is 66.7 Å². The molecule has 1 aromatic carbocycles. The largest absolute Gasteiger partial charge is 0.350 e. The fraction of sp³-hybridized carbons (Fsp3) is 0.350. The highest BCUT2D eigenvalue weighted by molar-refractivity contribution is 7.16. The average Bonchev–Trinajstić information content (AvgIpc) is 3.20. The molecule has 1 unspecified atom stereocenters. The third-order valence-electron chi connectivity index (χ3n) is 4.92. The molecular formula is C20H21ClN4O2S. The highest BCUT2D eigenvalue weighted by Gasteiger charge is 2.30. The summed E-state index contributed by atoms with van der Waals surface area (Å²) in [6.07, 6.45) is 4.94. The molecule has 1 fully saturated rings. The van der Waals surface area contributed by atoms with Crippen molar-refractivity contribution < 1.29 is 9.59 Å². The van der Waals surface area contributed by atoms with Crippen molar-refractivity contribution in [2.45, 2.75) is 32.9 Å². The number of hydrogen-bond acceptors (Lipinski definition) is 4. The number of nitrogens with one attached hydrogen (secondary N) is 1. The molecule has 0 aliphatic carbocycles. The number of piperidine rings is 1. The Morgan fingerprint density at radius 3 is 2.86 bits per heavy atom. The van der Waals surface area contributed by atoms with Crippen molar-refractivity contribution in [1.29, 1.82) is 0 Å². The average molecular weight is 417 g/mol. The van der Waals surface area contributed by atoms with E-state index in [0.29, 0.717) is 37.5 Å². The lowest BCUT2D eigenvalue weighted by atomic mass is 9.96. The number of carbonyl (C=O) groups excluding carboxylic acids is 2. The number of carbonyl (C=O) groups is 2. The van der Waals surface area contributed by atoms with E-state index in [0.717, 1.165) is 16.2 Å². The van der Waals surface area contributed by atoms with Crippen LogP contribution in [0.1, 0.15) is 29.0 Å². The molecule has 2 amide bonds. The molecule has 1 saturated heterocycles. The van der Waals surface area contributed by atoms with Gasteiger partial charge in [-0.3, -0.25) is 14.0 Å². The monoisotopic (exact) mass is 416 g/mol. The maximum absolute atomic E-state index is 12.6. The van der Waals surface area contributed by atoms with Crippen LogP contribution in [-0.2, 0) is 22.7 Å². The Kier molecular flexibility index (Phi) is 5.37. The zero-order chi connectivity index (χ0) is 19.7. The molecule has 0 radical (unpaired) electrons. The summed E-state index contributed by atoms with van der Waals surface area (Å²) in [4.78, 5) is 33.3. The zero-order valence-corrected chi connectivity index (χ0v) is 17.1. The van der Waals surface area contributed by atoms with Crippen molar-refractivity contribution in [3.05, 3.63) is 57.8 Å². The number of imidazole rings is 1. The molecule has 1 atom stereocenters. The lowest BCUT2D eigenvalue weighted by molar-refractivity contribution is -0.139. The second kappa shape index (κ2) is 7.93. The number of halogens is 1. The Balaban J connectivity index is 1.34. The first-order valence-electron chi connectivity index (χ1n) is 9.22. The van der Waals surface area contributed by atoms with Gasteiger partial charge in [0.05, 0.1) is 18.2 Å². The molecule has 28 heavy (non-hydrogen) atoms. The minimum atomic E-state index is -0.198. The molecule has 4 rings (SSSR count). The zero-order valence-electron chi connectivity index (χ0n) is 15.5. The summed E-state index contributed by atoms with van der Waals surface area (Å²) in [5.41, 5.74) is 1.84. The summed E-state index contributed by atoms with van der Waals surface area (Å²) < 4.78 is 1.98. The van der Waals surface area contributed by atoms with E-state index in [9.17, 15) is 9.59 Å². The molecule has 2 aromatic heterocycles. The molecule has 0 spiro atoms. The van der Waals surface area contributed by atoms with E-state index in [-0.39, 0.29) is 17.7 Å². The van der Waals surface area contributed by atoms with Gasteiger partial charge in [0.2, 0.25) is 11.8 Å². The summed E-state index contributed by atoms with van der Waals surface area (Å²) in [5.74, 6) is -0.138. The Morgan fingerprint density at radius 1 is 1.32 bits per heavy atom. The molecular weight excluding hydrogens is 396 g/mol. The van der Waals surface area contributed by atoms with Crippen LogP contribution in [0.15, 0.2) is 36.7 Å². The second-order valence-corrected chi connectivity index (χ2v) is 8.77. The van der Waals surface area contributed by atoms with Crippen molar-refractivity contribution >= 4 is 39.7 Å². The molecule has 3 aromatic rings. The summed E-state index contributed by atoms with van der Waals surface area (Å²) >= 11 is 7.54. The van der Waals surface area contributed by atoms with Gasteiger partial charge in [-0.25, -0.2) is 4.98 Å². The first kappa shape index (κ1) is 19.0. The first-order chi connectivity index (χ1) is 13.5. The minimum absolute atomic E-state index is 0.0267. The van der Waals surface area contributed by atoms with E-state index >= 15 is 0 Å². The lowest BCUT2D eigenvalue weighted by Gasteiger charge is -2.32. The van der Waals surface area contributed by atoms with Crippen molar-refractivity contribution in [3.63, 3.8) is 0 Å². The third kappa shape index (κ3) is 4.20. The van der Waals surface area contributed by atoms with Gasteiger partial charge in [0.15, 0.2) is 4.96 Å². The highest BCUT2D eigenvalue weighted by atomic mass is 35.5. The molecule has 1 N–H and O–H groups in total. The number of nitrogens with zero attached hydrogens (tertiary/aromatic N) is 3. The van der Waals surface area contributed by atoms with Gasteiger partial charge in [-0.2, -0.15) is 0 Å². The van der Waals surface area contributed by atoms with Gasteiger partial charge in [0.1, 0.15) is 0 Å². The number of thiazole rings is 1. The van der Waals surface area contributed by atoms with Crippen LogP contribution in [0.2, 0.25) is 5.02 Å². The Labute approximate surface area is 172 Å². The molecule has 0 bridgehead atoms. The lowest BCUT2D eigenvalue weighted by Crippen LogP contribution is -2.45. The van der Waals surface area contributed by atoms with E-state index in [4.69, 9.17) is 11.6 Å². The van der Waals surface area contributed by atoms with Gasteiger partial charge in [-0.15, -0.1) is 11.3 Å². The number of hydrogen-bond donors (Lipinski definition) is 1. The molecule has 146 valence electrons. The standard InChI is InChI=1S/C20H21ClN4O2S/c1-13-9-25-12-17(23-20(25)28-13)8-22-19(27)15-4-7-18(26)24(11-15)10-14-2-5-16(21)6-3-14/h2-3,5-6,9,12,15H,4,7-8,10-11H2,1H3,(H,22,27). The predicted octanol–water partition coefficient (Wildman–Crippen LogP) is 3.41. The van der Waals surface area contributed by atoms with Crippen molar-refractivity contribution in [2.24, 2.45) is 5.92 Å². The highest BCUT2D eigenvalue weighted by Crippen LogP contribution is 2.21. The van der Waals surface area contributed by atoms with Crippen LogP contribution in [0, 0.1) is 12.8 Å². The maximum Gasteiger partial charge on any atom is 0.225 e. The Morgan fingerprint density at radius 2 is 2.11 bits per heavy atom. The number of likely N-dealkylation sites (tertiary alicyclic amines) is 1. The van der Waals surface area contributed by atoms with Gasteiger partial charge in [0.25, 0.3) is 0 Å². The Hall–Kier alpha value is -2.38. The smallest absolute Gasteiger partial charge is 0.225 e. The molecule has 1 aliphatic heterocycles. The van der Waals surface area contributed by atoms with Crippen LogP contribution in [0.5, 0.6) is 0 Å². The van der Waals surface area contributed by atoms with Gasteiger partial charge >= 0.3 is 0 Å². The van der Waals surface area contributed by atoms with E-state index in [1.54, 1.807) is 16.2 Å². The summed E-state index contributed by atoms with van der Waals surface area (Å²) in [6, 6.07) is 7.44. The minimum Gasteiger partial charge on any atom is -0.350 e. The quantitative estimate of drug-likeness (QED) is 0.693. The molecule has 6 nitrogen and oxygen atoms in total. The molecule has 8 heteroatoms. The number of aryl methyl sites for hydroxylation is 1. The SMILES string of the molecule is Cc1cn2cc(CNC(=O)C3CCC(=O)N(Cc4ccc(Cl)cc4)C3)nc2s1. The van der Waals surface area contributed by atoms with E-state index < -0.39 is 0 Å². The summed E-state index contributed by atoms with van der Waals surface area (Å²) in [7, 11) is 0. The maximum atomic E-state index is 12.6. The van der Waals surface area contributed by atoms with Crippen LogP contribution in [0.4, 0.5) is 0 Å². The number of fused-ring (bicyclic) bond motifs is 1. The van der Waals surface area contributed by atoms with E-state index in [1.165, 1.54) is 4.88 Å². The van der Waals surface area contributed by atoms with Crippen LogP contribution in [0.3, 0.4) is 0 Å². The number of benzene rings is 1. The fourth-order valence-electron chi connectivity index (χ4n) is 3.46. The van der Waals surface area contributed by atoms with Crippen LogP contribution in [0.25, 0.3) is 4.96 Å². The van der Waals surface area contributed by atoms with Crippen LogP contribution in [-0.4, -0.2) is 32.6 Å². The predicted molar refractivity (Wildman–Crippen MR) is 109 cm³/mol. The van der Waals surface area contributed by atoms with Crippen molar-refractivity contribution in [3.8, 4) is 0 Å². The van der Waals surface area contributed by atoms with Gasteiger partial charge in [-0.1, -0.05) is 23.7 Å². The fourth-order valence-corrected chi connectivity index (χ4v) is 4.41. The first-order valence-corrected chi connectivity index (χ1v) is 10.4. The molecule has 1 aliphatic rings.